The van der Waals surface area contributed by atoms with Gasteiger partial charge in [-0.25, -0.2) is 0 Å². The molecule has 89 heavy (non-hydrogen) atoms. The van der Waals surface area contributed by atoms with Crippen LogP contribution in [0.2, 0.25) is 0 Å². The maximum atomic E-state index is 13.0. The van der Waals surface area contributed by atoms with Gasteiger partial charge in [-0.3, -0.25) is 9.59 Å². The van der Waals surface area contributed by atoms with Gasteiger partial charge in [-0.15, -0.1) is 0 Å². The Kier molecular flexibility index (Phi) is 67.6. The van der Waals surface area contributed by atoms with Crippen molar-refractivity contribution in [1.82, 2.24) is 0 Å². The van der Waals surface area contributed by atoms with Crippen LogP contribution in [-0.4, -0.2) is 82.3 Å². The van der Waals surface area contributed by atoms with E-state index in [0.717, 1.165) is 70.6 Å². The van der Waals surface area contributed by atoms with Crippen LogP contribution in [0.15, 0.2) is 85.1 Å². The second-order valence-corrected chi connectivity index (χ2v) is 26.6. The third-order valence-corrected chi connectivity index (χ3v) is 16.6. The zero-order valence-corrected chi connectivity index (χ0v) is 59.0. The monoisotopic (exact) mass is 1250 g/mol. The van der Waals surface area contributed by atoms with Crippen molar-refractivity contribution >= 4 is 17.9 Å². The minimum Gasteiger partial charge on any atom is -0.545 e. The number of carboxylic acid groups (broad SMARTS) is 1. The van der Waals surface area contributed by atoms with E-state index in [0.29, 0.717) is 23.9 Å². The SMILES string of the molecule is CC/C=C\C/C=C\C/C=C\C/C=C\C/C=C\C/C=C\CCCCCCCCCCCCCCCCCCC(=O)OC(COC(=O)CCCCCCCCCCCCCCCCCCC/C=C\CCCCCCCCCC)COC(OCC[N+](C)(C)C)C(=O)[O-]. The molecule has 9 heteroatoms. The fourth-order valence-corrected chi connectivity index (χ4v) is 10.9. The van der Waals surface area contributed by atoms with Crippen LogP contribution in [0.3, 0.4) is 0 Å². The lowest BCUT2D eigenvalue weighted by Gasteiger charge is -2.26. The molecule has 0 aromatic rings. The average molecular weight is 1250 g/mol. The fourth-order valence-electron chi connectivity index (χ4n) is 10.9. The number of carboxylic acids is 1. The van der Waals surface area contributed by atoms with Crippen molar-refractivity contribution in [2.24, 2.45) is 0 Å². The van der Waals surface area contributed by atoms with Gasteiger partial charge in [0.2, 0.25) is 0 Å². The van der Waals surface area contributed by atoms with Gasteiger partial charge in [0.05, 0.1) is 40.3 Å². The minimum atomic E-state index is -1.62. The molecule has 0 aliphatic rings. The number of allylic oxidation sites excluding steroid dienone is 14. The summed E-state index contributed by atoms with van der Waals surface area (Å²) in [7, 11) is 5.94. The zero-order valence-electron chi connectivity index (χ0n) is 59.0. The summed E-state index contributed by atoms with van der Waals surface area (Å²) in [6.45, 7) is 4.68. The number of hydrogen-bond donors (Lipinski definition) is 0. The van der Waals surface area contributed by atoms with Crippen LogP contribution < -0.4 is 5.11 Å². The lowest BCUT2D eigenvalue weighted by molar-refractivity contribution is -0.870. The number of carbonyl (C=O) groups excluding carboxylic acids is 3. The number of likely N-dealkylation sites (N-methyl/N-ethyl adjacent to an activating group) is 1. The molecule has 0 bridgehead atoms. The molecule has 0 saturated carbocycles. The molecule has 0 saturated heterocycles. The maximum Gasteiger partial charge on any atom is 0.306 e. The molecule has 0 aliphatic carbocycles. The van der Waals surface area contributed by atoms with E-state index >= 15 is 0 Å². The highest BCUT2D eigenvalue weighted by Gasteiger charge is 2.22. The van der Waals surface area contributed by atoms with Gasteiger partial charge in [-0.1, -0.05) is 330 Å². The second kappa shape index (κ2) is 70.3. The molecule has 0 N–H and O–H groups in total. The van der Waals surface area contributed by atoms with E-state index in [2.05, 4.69) is 98.9 Å². The van der Waals surface area contributed by atoms with Crippen LogP contribution in [0.5, 0.6) is 0 Å². The molecule has 9 nitrogen and oxygen atoms in total. The van der Waals surface area contributed by atoms with Crippen molar-refractivity contribution in [1.29, 1.82) is 0 Å². The van der Waals surface area contributed by atoms with E-state index in [1.54, 1.807) is 0 Å². The molecule has 0 aromatic carbocycles. The Bertz CT molecular complexity index is 1740. The largest absolute Gasteiger partial charge is 0.545 e. The quantitative estimate of drug-likeness (QED) is 0.0195. The van der Waals surface area contributed by atoms with Crippen molar-refractivity contribution in [3.8, 4) is 0 Å². The highest BCUT2D eigenvalue weighted by molar-refractivity contribution is 5.70. The molecule has 0 radical (unpaired) electrons. The summed E-state index contributed by atoms with van der Waals surface area (Å²) < 4.78 is 22.9. The number of unbranched alkanes of at least 4 members (excludes halogenated alkanes) is 41. The Morgan fingerprint density at radius 2 is 0.640 bits per heavy atom. The predicted octanol–water partition coefficient (Wildman–Crippen LogP) is 22.5. The van der Waals surface area contributed by atoms with E-state index < -0.39 is 24.3 Å². The molecular weight excluding hydrogens is 1100 g/mol. The lowest BCUT2D eigenvalue weighted by atomic mass is 10.0. The van der Waals surface area contributed by atoms with E-state index in [9.17, 15) is 19.5 Å². The smallest absolute Gasteiger partial charge is 0.306 e. The number of aliphatic carboxylic acids is 1. The summed E-state index contributed by atoms with van der Waals surface area (Å²) in [6.07, 6.45) is 92.5. The molecule has 2 unspecified atom stereocenters. The first-order valence-electron chi connectivity index (χ1n) is 37.7. The van der Waals surface area contributed by atoms with Crippen molar-refractivity contribution < 1.29 is 42.9 Å². The van der Waals surface area contributed by atoms with Crippen LogP contribution in [0.1, 0.15) is 348 Å². The Labute approximate surface area is 550 Å². The average Bonchev–Trinajstić information content (AvgIpc) is 3.64. The number of ether oxygens (including phenoxy) is 4. The number of hydrogen-bond acceptors (Lipinski definition) is 8. The summed E-state index contributed by atoms with van der Waals surface area (Å²) in [5.41, 5.74) is 0. The van der Waals surface area contributed by atoms with Crippen LogP contribution >= 0.6 is 0 Å². The molecule has 516 valence electrons. The van der Waals surface area contributed by atoms with Gasteiger partial charge < -0.3 is 33.3 Å². The molecule has 0 aliphatic heterocycles. The Balaban J connectivity index is 4.05. The number of carbonyl (C=O) groups is 3. The van der Waals surface area contributed by atoms with Gasteiger partial charge in [0.1, 0.15) is 13.2 Å². The summed E-state index contributed by atoms with van der Waals surface area (Å²) in [5.74, 6) is -2.26. The van der Waals surface area contributed by atoms with Crippen molar-refractivity contribution in [2.75, 3.05) is 47.5 Å². The highest BCUT2D eigenvalue weighted by atomic mass is 16.7. The molecule has 0 heterocycles. The van der Waals surface area contributed by atoms with E-state index in [-0.39, 0.29) is 32.2 Å². The maximum absolute atomic E-state index is 13.0. The summed E-state index contributed by atoms with van der Waals surface area (Å²) in [4.78, 5) is 37.6. The van der Waals surface area contributed by atoms with Crippen LogP contribution in [0, 0.1) is 0 Å². The van der Waals surface area contributed by atoms with E-state index in [1.807, 2.05) is 21.1 Å². The second-order valence-electron chi connectivity index (χ2n) is 26.6. The van der Waals surface area contributed by atoms with Gasteiger partial charge in [0.25, 0.3) is 0 Å². The summed E-state index contributed by atoms with van der Waals surface area (Å²) >= 11 is 0. The third kappa shape index (κ3) is 71.8. The molecule has 0 spiro atoms. The first kappa shape index (κ1) is 85.5. The molecule has 0 rings (SSSR count). The van der Waals surface area contributed by atoms with Crippen molar-refractivity contribution in [3.63, 3.8) is 0 Å². The predicted molar refractivity (Wildman–Crippen MR) is 380 cm³/mol. The number of nitrogens with zero attached hydrogens (tertiary/aromatic N) is 1. The van der Waals surface area contributed by atoms with E-state index in [1.165, 1.54) is 244 Å². The zero-order chi connectivity index (χ0) is 64.7. The normalized spacial score (nSPS) is 13.1. The molecule has 0 fully saturated rings. The minimum absolute atomic E-state index is 0.147. The topological polar surface area (TPSA) is 111 Å². The van der Waals surface area contributed by atoms with Gasteiger partial charge in [0.15, 0.2) is 12.4 Å². The van der Waals surface area contributed by atoms with Gasteiger partial charge in [0, 0.05) is 12.8 Å². The fraction of sp³-hybridized carbons (Fsp3) is 0.787. The van der Waals surface area contributed by atoms with E-state index in [4.69, 9.17) is 18.9 Å². The Morgan fingerprint density at radius 3 is 0.966 bits per heavy atom. The third-order valence-electron chi connectivity index (χ3n) is 16.6. The standard InChI is InChI=1S/C80H143NO8/c1-6-8-10-12-14-16-18-20-22-24-26-28-30-32-34-36-37-38-39-40-41-43-45-47-49-51-53-55-57-59-61-63-65-67-69-71-78(83)89-76(75-88-80(79(84)85)86-73-72-81(3,4)5)74-87-77(82)70-68-66-64-62-60-58-56-54-52-50-48-46-44-42-35-33-31-29-27-25-23-21-19-17-15-13-11-9-7-2/h8,10,14,16,20,22,25-28,32,34,37-38,76,80H,6-7,9,11-13,15,17-19,21,23-24,29-31,33,35-36,39-75H2,1-5H3/b10-8-,16-14-,22-20-,27-25-,28-26-,34-32-,38-37-. The van der Waals surface area contributed by atoms with Crippen molar-refractivity contribution in [3.05, 3.63) is 85.1 Å². The summed E-state index contributed by atoms with van der Waals surface area (Å²) in [6, 6.07) is 0. The van der Waals surface area contributed by atoms with Crippen LogP contribution in [0.4, 0.5) is 0 Å². The van der Waals surface area contributed by atoms with Crippen LogP contribution in [-0.2, 0) is 33.3 Å². The molecule has 0 aromatic heterocycles. The highest BCUT2D eigenvalue weighted by Crippen LogP contribution is 2.18. The van der Waals surface area contributed by atoms with Crippen LogP contribution in [0.25, 0.3) is 0 Å². The van der Waals surface area contributed by atoms with Gasteiger partial charge in [-0.05, 0) is 89.9 Å². The number of quaternary nitrogens is 1. The first-order valence-corrected chi connectivity index (χ1v) is 37.7. The van der Waals surface area contributed by atoms with Crippen molar-refractivity contribution in [2.45, 2.75) is 360 Å². The van der Waals surface area contributed by atoms with Gasteiger partial charge >= 0.3 is 11.9 Å². The number of rotatable bonds is 70. The molecule has 0 amide bonds. The Morgan fingerprint density at radius 1 is 0.348 bits per heavy atom. The molecule has 2 atom stereocenters. The van der Waals surface area contributed by atoms with Gasteiger partial charge in [-0.2, -0.15) is 0 Å². The molecular formula is C80H143NO8. The first-order chi connectivity index (χ1) is 43.6. The Hall–Kier alpha value is -3.53. The lowest BCUT2D eigenvalue weighted by Crippen LogP contribution is -2.44. The number of esters is 2. The summed E-state index contributed by atoms with van der Waals surface area (Å²) in [5, 5.41) is 11.8.